The molecular formula is C11H21N5O2S. The summed E-state index contributed by atoms with van der Waals surface area (Å²) in [5, 5.41) is 0.820. The fourth-order valence-corrected chi connectivity index (χ4v) is 1.39. The highest BCUT2D eigenvalue weighted by atomic mass is 32.2. The summed E-state index contributed by atoms with van der Waals surface area (Å²) >= 11 is 1.35. The van der Waals surface area contributed by atoms with Crippen molar-refractivity contribution in [3.05, 3.63) is 24.4 Å². The lowest BCUT2D eigenvalue weighted by atomic mass is 10.5. The maximum Gasteiger partial charge on any atom is 0.244 e. The Kier molecular flexibility index (Phi) is 13.3. The molecule has 108 valence electrons. The van der Waals surface area contributed by atoms with Gasteiger partial charge in [-0.25, -0.2) is 16.7 Å². The number of amides is 2. The van der Waals surface area contributed by atoms with Gasteiger partial charge in [-0.3, -0.25) is 20.4 Å². The van der Waals surface area contributed by atoms with Crippen molar-refractivity contribution in [3.63, 3.8) is 0 Å². The van der Waals surface area contributed by atoms with Gasteiger partial charge in [0.15, 0.2) is 0 Å². The van der Waals surface area contributed by atoms with Crippen LogP contribution in [0.1, 0.15) is 20.8 Å². The van der Waals surface area contributed by atoms with Crippen molar-refractivity contribution in [2.45, 2.75) is 25.8 Å². The molecular weight excluding hydrogens is 266 g/mol. The summed E-state index contributed by atoms with van der Waals surface area (Å²) in [5.74, 6) is 9.55. The number of thioether (sulfide) groups is 1. The third-order valence-electron chi connectivity index (χ3n) is 1.63. The number of carbonyl (C=O) groups excluding carboxylic acids is 2. The molecule has 0 aliphatic rings. The van der Waals surface area contributed by atoms with Crippen LogP contribution in [-0.2, 0) is 9.59 Å². The molecule has 1 aromatic rings. The zero-order valence-electron chi connectivity index (χ0n) is 10.1. The molecule has 0 atom stereocenters. The predicted octanol–water partition coefficient (Wildman–Crippen LogP) is 0.186. The number of nitrogens with one attached hydrogen (secondary N) is 2. The van der Waals surface area contributed by atoms with Gasteiger partial charge < -0.3 is 0 Å². The van der Waals surface area contributed by atoms with Crippen LogP contribution in [-0.4, -0.2) is 22.6 Å². The number of aromatic nitrogens is 1. The number of hydrazine groups is 2. The fraction of sp³-hybridized carbons (Fsp3) is 0.364. The average molecular weight is 287 g/mol. The Labute approximate surface area is 117 Å². The van der Waals surface area contributed by atoms with Gasteiger partial charge in [-0.2, -0.15) is 0 Å². The second-order valence-corrected chi connectivity index (χ2v) is 3.94. The summed E-state index contributed by atoms with van der Waals surface area (Å²) in [6.07, 6.45) is 2.14. The third kappa shape index (κ3) is 11.2. The standard InChI is InChI=1S/C7H9N3OS.C3H8N2O.CH4/c8-10-6(11)5-12-7-3-1-2-4-9-7;1-2-3(6)5-4;/h1-4H,5,8H2,(H,10,11);2,4H2,1H3,(H,5,6);1H4. The fourth-order valence-electron chi connectivity index (χ4n) is 0.716. The van der Waals surface area contributed by atoms with E-state index in [-0.39, 0.29) is 19.2 Å². The van der Waals surface area contributed by atoms with Gasteiger partial charge in [0.1, 0.15) is 0 Å². The molecule has 0 bridgehead atoms. The van der Waals surface area contributed by atoms with Crippen molar-refractivity contribution >= 4 is 23.6 Å². The van der Waals surface area contributed by atoms with E-state index < -0.39 is 0 Å². The lowest BCUT2D eigenvalue weighted by Crippen LogP contribution is -2.31. The molecule has 0 aliphatic heterocycles. The molecule has 6 N–H and O–H groups in total. The molecule has 19 heavy (non-hydrogen) atoms. The molecule has 0 aliphatic carbocycles. The zero-order valence-corrected chi connectivity index (χ0v) is 10.9. The quantitative estimate of drug-likeness (QED) is 0.271. The molecule has 2 amide bonds. The Hall–Kier alpha value is -1.64. The van der Waals surface area contributed by atoms with E-state index in [4.69, 9.17) is 5.84 Å². The van der Waals surface area contributed by atoms with E-state index in [2.05, 4.69) is 10.8 Å². The summed E-state index contributed by atoms with van der Waals surface area (Å²) in [4.78, 5) is 24.7. The van der Waals surface area contributed by atoms with Gasteiger partial charge in [0.05, 0.1) is 10.8 Å². The van der Waals surface area contributed by atoms with Crippen LogP contribution in [0.25, 0.3) is 0 Å². The number of nitrogens with two attached hydrogens (primary N) is 2. The second kappa shape index (κ2) is 12.8. The number of hydrogen-bond acceptors (Lipinski definition) is 6. The Morgan fingerprint density at radius 3 is 2.26 bits per heavy atom. The van der Waals surface area contributed by atoms with Crippen LogP contribution in [0.5, 0.6) is 0 Å². The van der Waals surface area contributed by atoms with Crippen molar-refractivity contribution in [1.29, 1.82) is 0 Å². The maximum atomic E-state index is 10.7. The minimum absolute atomic E-state index is 0. The van der Waals surface area contributed by atoms with Crippen molar-refractivity contribution in [2.75, 3.05) is 5.75 Å². The Balaban J connectivity index is 0. The highest BCUT2D eigenvalue weighted by Gasteiger charge is 1.99. The number of nitrogens with zero attached hydrogens (tertiary/aromatic N) is 1. The molecule has 0 saturated heterocycles. The van der Waals surface area contributed by atoms with Crippen molar-refractivity contribution < 1.29 is 9.59 Å². The molecule has 1 rings (SSSR count). The average Bonchev–Trinajstić information content (AvgIpc) is 2.45. The number of hydrogen-bond donors (Lipinski definition) is 4. The van der Waals surface area contributed by atoms with E-state index in [0.29, 0.717) is 12.2 Å². The molecule has 0 aromatic carbocycles. The molecule has 0 fully saturated rings. The van der Waals surface area contributed by atoms with E-state index in [1.165, 1.54) is 11.8 Å². The SMILES string of the molecule is C.CCC(=O)NN.NNC(=O)CSc1ccccn1. The minimum atomic E-state index is -0.203. The van der Waals surface area contributed by atoms with Crippen molar-refractivity contribution in [1.82, 2.24) is 15.8 Å². The predicted molar refractivity (Wildman–Crippen MR) is 76.6 cm³/mol. The van der Waals surface area contributed by atoms with Crippen LogP contribution in [0.2, 0.25) is 0 Å². The van der Waals surface area contributed by atoms with Crippen molar-refractivity contribution in [2.24, 2.45) is 11.7 Å². The van der Waals surface area contributed by atoms with E-state index >= 15 is 0 Å². The highest BCUT2D eigenvalue weighted by Crippen LogP contribution is 2.12. The Bertz CT molecular complexity index is 355. The lowest BCUT2D eigenvalue weighted by molar-refractivity contribution is -0.121. The van der Waals surface area contributed by atoms with E-state index in [1.807, 2.05) is 29.1 Å². The van der Waals surface area contributed by atoms with Crippen LogP contribution in [0.3, 0.4) is 0 Å². The third-order valence-corrected chi connectivity index (χ3v) is 2.58. The first-order valence-electron chi connectivity index (χ1n) is 5.16. The first-order chi connectivity index (χ1) is 8.63. The maximum absolute atomic E-state index is 10.7. The molecule has 1 heterocycles. The summed E-state index contributed by atoms with van der Waals surface area (Å²) in [5.41, 5.74) is 4.02. The van der Waals surface area contributed by atoms with Gasteiger partial charge in [-0.05, 0) is 12.1 Å². The molecule has 7 nitrogen and oxygen atoms in total. The van der Waals surface area contributed by atoms with Gasteiger partial charge in [0.2, 0.25) is 11.8 Å². The van der Waals surface area contributed by atoms with Crippen molar-refractivity contribution in [3.8, 4) is 0 Å². The first-order valence-corrected chi connectivity index (χ1v) is 6.15. The van der Waals surface area contributed by atoms with Gasteiger partial charge in [0, 0.05) is 12.6 Å². The second-order valence-electron chi connectivity index (χ2n) is 2.95. The summed E-state index contributed by atoms with van der Waals surface area (Å²) < 4.78 is 0. The van der Waals surface area contributed by atoms with E-state index in [9.17, 15) is 9.59 Å². The zero-order chi connectivity index (χ0) is 13.8. The first kappa shape index (κ1) is 19.7. The molecule has 0 spiro atoms. The molecule has 0 saturated carbocycles. The normalized spacial score (nSPS) is 8.37. The monoisotopic (exact) mass is 287 g/mol. The van der Waals surface area contributed by atoms with Gasteiger partial charge in [0.25, 0.3) is 0 Å². The molecule has 8 heteroatoms. The van der Waals surface area contributed by atoms with E-state index in [1.54, 1.807) is 13.1 Å². The van der Waals surface area contributed by atoms with Crippen LogP contribution in [0.4, 0.5) is 0 Å². The largest absolute Gasteiger partial charge is 0.294 e. The summed E-state index contributed by atoms with van der Waals surface area (Å²) in [6, 6.07) is 5.54. The molecule has 1 aromatic heterocycles. The summed E-state index contributed by atoms with van der Waals surface area (Å²) in [7, 11) is 0. The van der Waals surface area contributed by atoms with E-state index in [0.717, 1.165) is 5.03 Å². The van der Waals surface area contributed by atoms with Crippen LogP contribution < -0.4 is 22.5 Å². The lowest BCUT2D eigenvalue weighted by Gasteiger charge is -1.98. The number of rotatable bonds is 4. The number of pyridine rings is 1. The van der Waals surface area contributed by atoms with Gasteiger partial charge >= 0.3 is 0 Å². The van der Waals surface area contributed by atoms with Crippen LogP contribution in [0, 0.1) is 0 Å². The molecule has 0 radical (unpaired) electrons. The smallest absolute Gasteiger partial charge is 0.244 e. The number of carbonyl (C=O) groups is 2. The topological polar surface area (TPSA) is 123 Å². The summed E-state index contributed by atoms with van der Waals surface area (Å²) in [6.45, 7) is 1.74. The van der Waals surface area contributed by atoms with Gasteiger partial charge in [-0.15, -0.1) is 0 Å². The van der Waals surface area contributed by atoms with Crippen LogP contribution >= 0.6 is 11.8 Å². The molecule has 0 unspecified atom stereocenters. The highest BCUT2D eigenvalue weighted by molar-refractivity contribution is 7.99. The Morgan fingerprint density at radius 1 is 1.26 bits per heavy atom. The van der Waals surface area contributed by atoms with Gasteiger partial charge in [-0.1, -0.05) is 32.2 Å². The minimum Gasteiger partial charge on any atom is -0.294 e. The van der Waals surface area contributed by atoms with Crippen LogP contribution in [0.15, 0.2) is 29.4 Å². The Morgan fingerprint density at radius 2 is 1.89 bits per heavy atom.